The maximum absolute atomic E-state index is 11.9. The van der Waals surface area contributed by atoms with Gasteiger partial charge in [0.05, 0.1) is 12.5 Å². The molecule has 0 atom stereocenters. The molecule has 0 heterocycles. The highest BCUT2D eigenvalue weighted by molar-refractivity contribution is 5.94. The monoisotopic (exact) mass is 263 g/mol. The van der Waals surface area contributed by atoms with Crippen LogP contribution in [0.25, 0.3) is 0 Å². The van der Waals surface area contributed by atoms with Crippen molar-refractivity contribution >= 4 is 17.6 Å². The second-order valence-corrected chi connectivity index (χ2v) is 4.89. The second-order valence-electron chi connectivity index (χ2n) is 4.89. The van der Waals surface area contributed by atoms with Crippen LogP contribution in [0.4, 0.5) is 5.69 Å². The lowest BCUT2D eigenvalue weighted by atomic mass is 9.66. The standard InChI is InChI=1S/C14H17NO4/c1-19-11-5-3-10(4-6-11)15-12(16)9-14(13(17)18)7-2-8-14/h3-6H,2,7-9H2,1H3,(H,15,16)(H,17,18). The van der Waals surface area contributed by atoms with Gasteiger partial charge in [-0.1, -0.05) is 6.42 Å². The van der Waals surface area contributed by atoms with Crippen LogP contribution in [0.3, 0.4) is 0 Å². The summed E-state index contributed by atoms with van der Waals surface area (Å²) in [6.07, 6.45) is 2.08. The molecule has 0 spiro atoms. The first-order valence-electron chi connectivity index (χ1n) is 6.23. The Balaban J connectivity index is 1.95. The van der Waals surface area contributed by atoms with Crippen molar-refractivity contribution in [3.63, 3.8) is 0 Å². The van der Waals surface area contributed by atoms with Crippen LogP contribution in [0.5, 0.6) is 5.75 Å². The third kappa shape index (κ3) is 2.86. The third-order valence-corrected chi connectivity index (χ3v) is 3.64. The predicted molar refractivity (Wildman–Crippen MR) is 70.2 cm³/mol. The molecule has 1 saturated carbocycles. The molecule has 5 heteroatoms. The summed E-state index contributed by atoms with van der Waals surface area (Å²) in [6, 6.07) is 6.94. The van der Waals surface area contributed by atoms with Crippen LogP contribution in [0.15, 0.2) is 24.3 Å². The van der Waals surface area contributed by atoms with Crippen LogP contribution in [0, 0.1) is 5.41 Å². The number of nitrogens with one attached hydrogen (secondary N) is 1. The fraction of sp³-hybridized carbons (Fsp3) is 0.429. The van der Waals surface area contributed by atoms with Crippen molar-refractivity contribution in [3.05, 3.63) is 24.3 Å². The Hall–Kier alpha value is -2.04. The summed E-state index contributed by atoms with van der Waals surface area (Å²) >= 11 is 0. The summed E-state index contributed by atoms with van der Waals surface area (Å²) in [6.45, 7) is 0. The Labute approximate surface area is 111 Å². The zero-order valence-electron chi connectivity index (χ0n) is 10.8. The first kappa shape index (κ1) is 13.4. The van der Waals surface area contributed by atoms with Gasteiger partial charge >= 0.3 is 5.97 Å². The van der Waals surface area contributed by atoms with Gasteiger partial charge in [0.25, 0.3) is 0 Å². The van der Waals surface area contributed by atoms with Gasteiger partial charge in [-0.05, 0) is 37.1 Å². The number of carbonyl (C=O) groups excluding carboxylic acids is 1. The number of carbonyl (C=O) groups is 2. The normalized spacial score (nSPS) is 16.3. The van der Waals surface area contributed by atoms with Gasteiger partial charge in [-0.2, -0.15) is 0 Å². The number of aliphatic carboxylic acids is 1. The van der Waals surface area contributed by atoms with E-state index in [-0.39, 0.29) is 12.3 Å². The lowest BCUT2D eigenvalue weighted by Crippen LogP contribution is -2.41. The van der Waals surface area contributed by atoms with Crippen molar-refractivity contribution in [2.24, 2.45) is 5.41 Å². The van der Waals surface area contributed by atoms with E-state index in [4.69, 9.17) is 4.74 Å². The Bertz CT molecular complexity index is 477. The number of carboxylic acid groups (broad SMARTS) is 1. The van der Waals surface area contributed by atoms with E-state index in [0.29, 0.717) is 24.3 Å². The van der Waals surface area contributed by atoms with Crippen molar-refractivity contribution < 1.29 is 19.4 Å². The van der Waals surface area contributed by atoms with Crippen LogP contribution in [-0.2, 0) is 9.59 Å². The molecule has 1 aliphatic carbocycles. The minimum Gasteiger partial charge on any atom is -0.497 e. The van der Waals surface area contributed by atoms with Crippen LogP contribution >= 0.6 is 0 Å². The van der Waals surface area contributed by atoms with E-state index in [1.165, 1.54) is 0 Å². The minimum atomic E-state index is -0.872. The summed E-state index contributed by atoms with van der Waals surface area (Å²) < 4.78 is 5.02. The average molecular weight is 263 g/mol. The second kappa shape index (κ2) is 5.30. The van der Waals surface area contributed by atoms with Gasteiger partial charge in [0.1, 0.15) is 5.75 Å². The van der Waals surface area contributed by atoms with Crippen molar-refractivity contribution in [2.75, 3.05) is 12.4 Å². The molecule has 0 aromatic heterocycles. The SMILES string of the molecule is COc1ccc(NC(=O)CC2(C(=O)O)CCC2)cc1. The van der Waals surface area contributed by atoms with Gasteiger partial charge < -0.3 is 15.2 Å². The fourth-order valence-electron chi connectivity index (χ4n) is 2.26. The highest BCUT2D eigenvalue weighted by Crippen LogP contribution is 2.44. The molecule has 0 bridgehead atoms. The van der Waals surface area contributed by atoms with E-state index < -0.39 is 11.4 Å². The maximum Gasteiger partial charge on any atom is 0.310 e. The average Bonchev–Trinajstić information content (AvgIpc) is 2.34. The number of hydrogen-bond acceptors (Lipinski definition) is 3. The quantitative estimate of drug-likeness (QED) is 0.854. The molecule has 1 aliphatic rings. The molecule has 2 N–H and O–H groups in total. The van der Waals surface area contributed by atoms with Crippen molar-refractivity contribution in [2.45, 2.75) is 25.7 Å². The number of amides is 1. The summed E-state index contributed by atoms with van der Waals surface area (Å²) in [5.74, 6) is -0.421. The van der Waals surface area contributed by atoms with E-state index in [2.05, 4.69) is 5.32 Å². The molecule has 19 heavy (non-hydrogen) atoms. The minimum absolute atomic E-state index is 0.0361. The summed E-state index contributed by atoms with van der Waals surface area (Å²) in [7, 11) is 1.57. The van der Waals surface area contributed by atoms with Crippen LogP contribution < -0.4 is 10.1 Å². The fourth-order valence-corrected chi connectivity index (χ4v) is 2.26. The molecule has 1 amide bonds. The molecule has 0 saturated heterocycles. The maximum atomic E-state index is 11.9. The molecule has 1 fully saturated rings. The largest absolute Gasteiger partial charge is 0.497 e. The lowest BCUT2D eigenvalue weighted by molar-refractivity contribution is -0.157. The van der Waals surface area contributed by atoms with E-state index in [9.17, 15) is 14.7 Å². The predicted octanol–water partition coefficient (Wildman–Crippen LogP) is 2.28. The number of ether oxygens (including phenoxy) is 1. The number of methoxy groups -OCH3 is 1. The molecule has 102 valence electrons. The van der Waals surface area contributed by atoms with E-state index in [1.54, 1.807) is 31.4 Å². The highest BCUT2D eigenvalue weighted by atomic mass is 16.5. The molecule has 5 nitrogen and oxygen atoms in total. The van der Waals surface area contributed by atoms with Crippen molar-refractivity contribution in [3.8, 4) is 5.75 Å². The molecule has 0 aliphatic heterocycles. The van der Waals surface area contributed by atoms with Gasteiger partial charge in [-0.15, -0.1) is 0 Å². The van der Waals surface area contributed by atoms with Gasteiger partial charge in [-0.25, -0.2) is 0 Å². The summed E-state index contributed by atoms with van der Waals surface area (Å²) in [5.41, 5.74) is -0.207. The Kier molecular flexibility index (Phi) is 3.74. The Morgan fingerprint density at radius 3 is 2.37 bits per heavy atom. The smallest absolute Gasteiger partial charge is 0.310 e. The molecule has 0 unspecified atom stereocenters. The number of anilines is 1. The first-order valence-corrected chi connectivity index (χ1v) is 6.23. The van der Waals surface area contributed by atoms with Gasteiger partial charge in [0, 0.05) is 12.1 Å². The number of carboxylic acids is 1. The highest BCUT2D eigenvalue weighted by Gasteiger charge is 2.45. The van der Waals surface area contributed by atoms with Crippen LogP contribution in [-0.4, -0.2) is 24.1 Å². The summed E-state index contributed by atoms with van der Waals surface area (Å²) in [4.78, 5) is 23.1. The Morgan fingerprint density at radius 1 is 1.32 bits per heavy atom. The molecular formula is C14H17NO4. The number of rotatable bonds is 5. The zero-order chi connectivity index (χ0) is 13.9. The van der Waals surface area contributed by atoms with Crippen molar-refractivity contribution in [1.82, 2.24) is 0 Å². The third-order valence-electron chi connectivity index (χ3n) is 3.64. The van der Waals surface area contributed by atoms with Gasteiger partial charge in [0.2, 0.25) is 5.91 Å². The summed E-state index contributed by atoms with van der Waals surface area (Å²) in [5, 5.41) is 11.9. The molecule has 1 aromatic rings. The Morgan fingerprint density at radius 2 is 1.95 bits per heavy atom. The first-order chi connectivity index (χ1) is 9.05. The van der Waals surface area contributed by atoms with E-state index >= 15 is 0 Å². The zero-order valence-corrected chi connectivity index (χ0v) is 10.8. The number of benzene rings is 1. The van der Waals surface area contributed by atoms with E-state index in [1.807, 2.05) is 0 Å². The van der Waals surface area contributed by atoms with Crippen molar-refractivity contribution in [1.29, 1.82) is 0 Å². The van der Waals surface area contributed by atoms with Gasteiger partial charge in [-0.3, -0.25) is 9.59 Å². The van der Waals surface area contributed by atoms with Crippen LogP contribution in [0.1, 0.15) is 25.7 Å². The van der Waals surface area contributed by atoms with Gasteiger partial charge in [0.15, 0.2) is 0 Å². The molecule has 1 aromatic carbocycles. The van der Waals surface area contributed by atoms with E-state index in [0.717, 1.165) is 6.42 Å². The number of hydrogen-bond donors (Lipinski definition) is 2. The van der Waals surface area contributed by atoms with Crippen LogP contribution in [0.2, 0.25) is 0 Å². The lowest BCUT2D eigenvalue weighted by Gasteiger charge is -2.36. The molecule has 0 radical (unpaired) electrons. The molecule has 2 rings (SSSR count). The topological polar surface area (TPSA) is 75.6 Å². The molecular weight excluding hydrogens is 246 g/mol.